The molecule has 0 aliphatic heterocycles. The van der Waals surface area contributed by atoms with Crippen molar-refractivity contribution in [2.24, 2.45) is 0 Å². The number of ether oxygens (including phenoxy) is 1. The van der Waals surface area contributed by atoms with Crippen LogP contribution < -0.4 is 0 Å². The maximum absolute atomic E-state index is 11.1. The van der Waals surface area contributed by atoms with Crippen molar-refractivity contribution in [1.82, 2.24) is 0 Å². The number of carbonyl (C=O) groups excluding carboxylic acids is 1. The molecule has 0 aliphatic rings. The van der Waals surface area contributed by atoms with Crippen molar-refractivity contribution in [2.75, 3.05) is 0 Å². The van der Waals surface area contributed by atoms with Crippen molar-refractivity contribution in [3.05, 3.63) is 46.7 Å². The second-order valence-corrected chi connectivity index (χ2v) is 3.60. The normalized spacial score (nSPS) is 11.2. The molecule has 2 nitrogen and oxygen atoms in total. The number of hydrogen-bond acceptors (Lipinski definition) is 3. The molecule has 3 heteroatoms. The minimum Gasteiger partial charge on any atom is -0.457 e. The van der Waals surface area contributed by atoms with Gasteiger partial charge < -0.3 is 4.74 Å². The van der Waals surface area contributed by atoms with Crippen molar-refractivity contribution < 1.29 is 9.53 Å². The Morgan fingerprint density at radius 2 is 2.43 bits per heavy atom. The quantitative estimate of drug-likeness (QED) is 0.432. The summed E-state index contributed by atoms with van der Waals surface area (Å²) in [5, 5.41) is 1.96. The monoisotopic (exact) mass is 208 g/mol. The zero-order valence-corrected chi connectivity index (χ0v) is 8.79. The second kappa shape index (κ2) is 6.16. The standard InChI is InChI=1S/C11H12O2S/c1-2-3-4-7-11(12)13-9-10-6-5-8-14-10/h2-8H,9H2,1H3/b3-2+,7-4+. The van der Waals surface area contributed by atoms with E-state index in [2.05, 4.69) is 0 Å². The Hall–Kier alpha value is -1.35. The van der Waals surface area contributed by atoms with Gasteiger partial charge in [0.1, 0.15) is 6.61 Å². The summed E-state index contributed by atoms with van der Waals surface area (Å²) in [7, 11) is 0. The van der Waals surface area contributed by atoms with Gasteiger partial charge in [-0.05, 0) is 18.4 Å². The fraction of sp³-hybridized carbons (Fsp3) is 0.182. The Morgan fingerprint density at radius 1 is 1.57 bits per heavy atom. The minimum absolute atomic E-state index is 0.309. The number of esters is 1. The zero-order chi connectivity index (χ0) is 10.2. The Morgan fingerprint density at radius 3 is 3.07 bits per heavy atom. The smallest absolute Gasteiger partial charge is 0.331 e. The van der Waals surface area contributed by atoms with Gasteiger partial charge in [0.05, 0.1) is 0 Å². The summed E-state index contributed by atoms with van der Waals surface area (Å²) in [6, 6.07) is 3.87. The van der Waals surface area contributed by atoms with Crippen LogP contribution in [-0.4, -0.2) is 5.97 Å². The third-order valence-electron chi connectivity index (χ3n) is 1.47. The summed E-state index contributed by atoms with van der Waals surface area (Å²) in [5.74, 6) is -0.309. The van der Waals surface area contributed by atoms with E-state index >= 15 is 0 Å². The zero-order valence-electron chi connectivity index (χ0n) is 7.97. The largest absolute Gasteiger partial charge is 0.457 e. The van der Waals surface area contributed by atoms with Gasteiger partial charge >= 0.3 is 5.97 Å². The topological polar surface area (TPSA) is 26.3 Å². The fourth-order valence-electron chi connectivity index (χ4n) is 0.830. The molecule has 0 aromatic carbocycles. The molecule has 0 N–H and O–H groups in total. The summed E-state index contributed by atoms with van der Waals surface area (Å²) < 4.78 is 4.98. The molecule has 1 aromatic heterocycles. The Balaban J connectivity index is 2.28. The van der Waals surface area contributed by atoms with Crippen LogP contribution in [0, 0.1) is 0 Å². The molecular weight excluding hydrogens is 196 g/mol. The van der Waals surface area contributed by atoms with Gasteiger partial charge in [0.2, 0.25) is 0 Å². The van der Waals surface area contributed by atoms with E-state index in [-0.39, 0.29) is 5.97 Å². The summed E-state index contributed by atoms with van der Waals surface area (Å²) in [4.78, 5) is 12.1. The van der Waals surface area contributed by atoms with E-state index in [0.717, 1.165) is 4.88 Å². The molecule has 14 heavy (non-hydrogen) atoms. The van der Waals surface area contributed by atoms with Crippen molar-refractivity contribution >= 4 is 17.3 Å². The van der Waals surface area contributed by atoms with E-state index in [1.807, 2.05) is 30.5 Å². The van der Waals surface area contributed by atoms with Gasteiger partial charge in [-0.1, -0.05) is 24.3 Å². The van der Waals surface area contributed by atoms with E-state index in [1.165, 1.54) is 6.08 Å². The van der Waals surface area contributed by atoms with E-state index in [4.69, 9.17) is 4.74 Å². The van der Waals surface area contributed by atoms with E-state index in [9.17, 15) is 4.79 Å². The van der Waals surface area contributed by atoms with Crippen molar-refractivity contribution in [3.8, 4) is 0 Å². The van der Waals surface area contributed by atoms with Gasteiger partial charge in [0, 0.05) is 11.0 Å². The number of thiophene rings is 1. The van der Waals surface area contributed by atoms with Gasteiger partial charge in [-0.15, -0.1) is 11.3 Å². The molecule has 0 saturated carbocycles. The molecule has 0 saturated heterocycles. The van der Waals surface area contributed by atoms with Gasteiger partial charge in [0.25, 0.3) is 0 Å². The maximum Gasteiger partial charge on any atom is 0.331 e. The van der Waals surface area contributed by atoms with Crippen LogP contribution >= 0.6 is 11.3 Å². The second-order valence-electron chi connectivity index (χ2n) is 2.57. The van der Waals surface area contributed by atoms with Crippen LogP contribution in [0.2, 0.25) is 0 Å². The van der Waals surface area contributed by atoms with Gasteiger partial charge in [0.15, 0.2) is 0 Å². The molecule has 0 fully saturated rings. The highest BCUT2D eigenvalue weighted by atomic mass is 32.1. The van der Waals surface area contributed by atoms with Gasteiger partial charge in [-0.2, -0.15) is 0 Å². The van der Waals surface area contributed by atoms with Gasteiger partial charge in [-0.25, -0.2) is 4.79 Å². The number of rotatable bonds is 4. The average molecular weight is 208 g/mol. The summed E-state index contributed by atoms with van der Waals surface area (Å²) in [6.07, 6.45) is 6.71. The van der Waals surface area contributed by atoms with Crippen molar-refractivity contribution in [1.29, 1.82) is 0 Å². The third kappa shape index (κ3) is 4.05. The highest BCUT2D eigenvalue weighted by Gasteiger charge is 1.97. The summed E-state index contributed by atoms with van der Waals surface area (Å²) in [5.41, 5.74) is 0. The molecule has 0 atom stereocenters. The maximum atomic E-state index is 11.1. The molecule has 0 unspecified atom stereocenters. The molecule has 1 rings (SSSR count). The van der Waals surface area contributed by atoms with Crippen LogP contribution in [0.1, 0.15) is 11.8 Å². The third-order valence-corrected chi connectivity index (χ3v) is 2.32. The molecular formula is C11H12O2S. The molecule has 0 bridgehead atoms. The van der Waals surface area contributed by atoms with Crippen LogP contribution in [-0.2, 0) is 16.1 Å². The number of allylic oxidation sites excluding steroid dienone is 3. The fourth-order valence-corrected chi connectivity index (χ4v) is 1.45. The first-order valence-corrected chi connectivity index (χ1v) is 5.19. The molecule has 1 aromatic rings. The first kappa shape index (κ1) is 10.7. The lowest BCUT2D eigenvalue weighted by atomic mass is 10.4. The Kier molecular flexibility index (Phi) is 4.72. The first-order valence-electron chi connectivity index (χ1n) is 4.31. The molecule has 74 valence electrons. The minimum atomic E-state index is -0.309. The number of hydrogen-bond donors (Lipinski definition) is 0. The lowest BCUT2D eigenvalue weighted by Crippen LogP contribution is -1.98. The SMILES string of the molecule is C/C=C/C=C/C(=O)OCc1cccs1. The van der Waals surface area contributed by atoms with Crippen molar-refractivity contribution in [3.63, 3.8) is 0 Å². The van der Waals surface area contributed by atoms with Crippen LogP contribution in [0.4, 0.5) is 0 Å². The van der Waals surface area contributed by atoms with Gasteiger partial charge in [-0.3, -0.25) is 0 Å². The van der Waals surface area contributed by atoms with Crippen LogP contribution in [0.15, 0.2) is 41.8 Å². The van der Waals surface area contributed by atoms with Crippen molar-refractivity contribution in [2.45, 2.75) is 13.5 Å². The Bertz CT molecular complexity index is 323. The molecule has 0 aliphatic carbocycles. The summed E-state index contributed by atoms with van der Waals surface area (Å²) in [6.45, 7) is 2.25. The van der Waals surface area contributed by atoms with E-state index in [0.29, 0.717) is 6.61 Å². The highest BCUT2D eigenvalue weighted by molar-refractivity contribution is 7.09. The lowest BCUT2D eigenvalue weighted by Gasteiger charge is -1.97. The van der Waals surface area contributed by atoms with E-state index < -0.39 is 0 Å². The lowest BCUT2D eigenvalue weighted by molar-refractivity contribution is -0.138. The molecule has 0 spiro atoms. The van der Waals surface area contributed by atoms with Crippen LogP contribution in [0.25, 0.3) is 0 Å². The molecule has 0 amide bonds. The first-order chi connectivity index (χ1) is 6.83. The predicted octanol–water partition coefficient (Wildman–Crippen LogP) is 2.92. The predicted molar refractivity (Wildman–Crippen MR) is 58.1 cm³/mol. The summed E-state index contributed by atoms with van der Waals surface area (Å²) >= 11 is 1.58. The number of carbonyl (C=O) groups is 1. The molecule has 1 heterocycles. The van der Waals surface area contributed by atoms with Crippen LogP contribution in [0.3, 0.4) is 0 Å². The highest BCUT2D eigenvalue weighted by Crippen LogP contribution is 2.09. The molecule has 0 radical (unpaired) electrons. The Labute approximate surface area is 87.5 Å². The van der Waals surface area contributed by atoms with Crippen LogP contribution in [0.5, 0.6) is 0 Å². The van der Waals surface area contributed by atoms with E-state index in [1.54, 1.807) is 23.5 Å². The average Bonchev–Trinajstić information content (AvgIpc) is 2.68.